The number of imidazole rings is 1. The van der Waals surface area contributed by atoms with Gasteiger partial charge in [-0.1, -0.05) is 13.0 Å². The van der Waals surface area contributed by atoms with Crippen LogP contribution in [0.15, 0.2) is 30.5 Å². The third kappa shape index (κ3) is 4.43. The van der Waals surface area contributed by atoms with Crippen molar-refractivity contribution < 1.29 is 18.3 Å². The van der Waals surface area contributed by atoms with Gasteiger partial charge in [0.05, 0.1) is 11.3 Å². The van der Waals surface area contributed by atoms with Gasteiger partial charge in [0, 0.05) is 18.3 Å². The molecule has 0 aliphatic rings. The Morgan fingerprint density at radius 3 is 2.60 bits per heavy atom. The molecule has 1 amide bonds. The molecule has 3 rings (SSSR count). The molecule has 2 aromatic heterocycles. The Morgan fingerprint density at radius 1 is 1.30 bits per heavy atom. The average Bonchev–Trinajstić information content (AvgIpc) is 3.01. The van der Waals surface area contributed by atoms with Gasteiger partial charge in [0.15, 0.2) is 11.4 Å². The van der Waals surface area contributed by atoms with Crippen LogP contribution in [0.1, 0.15) is 47.6 Å². The molecule has 1 unspecified atom stereocenters. The maximum atomic E-state index is 13.9. The standard InChI is InChI=1S/C22H26F2N4O2/c1-5-22(4,25)12-26-21(29)19-14(3)27-20-18(9-13(2)10-28(19)20)30-11-15-16(23)7-6-8-17(15)24/h6-10H,5,11-12,25H2,1-4H3,(H,26,29). The summed E-state index contributed by atoms with van der Waals surface area (Å²) in [4.78, 5) is 17.3. The summed E-state index contributed by atoms with van der Waals surface area (Å²) in [6.07, 6.45) is 2.48. The number of carbonyl (C=O) groups is 1. The minimum Gasteiger partial charge on any atom is -0.485 e. The molecule has 0 radical (unpaired) electrons. The van der Waals surface area contributed by atoms with E-state index in [1.165, 1.54) is 18.2 Å². The zero-order chi connectivity index (χ0) is 22.1. The molecule has 0 aliphatic heterocycles. The van der Waals surface area contributed by atoms with Gasteiger partial charge in [-0.3, -0.25) is 9.20 Å². The van der Waals surface area contributed by atoms with Gasteiger partial charge < -0.3 is 15.8 Å². The van der Waals surface area contributed by atoms with Crippen molar-refractivity contribution in [3.8, 4) is 5.75 Å². The molecule has 8 heteroatoms. The molecule has 3 N–H and O–H groups in total. The molecule has 0 saturated heterocycles. The average molecular weight is 416 g/mol. The number of aromatic nitrogens is 2. The number of halogens is 2. The Morgan fingerprint density at radius 2 is 1.97 bits per heavy atom. The molecule has 160 valence electrons. The number of pyridine rings is 1. The Balaban J connectivity index is 1.93. The van der Waals surface area contributed by atoms with Crippen molar-refractivity contribution in [3.05, 3.63) is 64.6 Å². The minimum absolute atomic E-state index is 0.166. The number of nitrogens with zero attached hydrogens (tertiary/aromatic N) is 2. The monoisotopic (exact) mass is 416 g/mol. The number of ether oxygens (including phenoxy) is 1. The predicted octanol–water partition coefficient (Wildman–Crippen LogP) is 3.67. The van der Waals surface area contributed by atoms with Gasteiger partial charge >= 0.3 is 0 Å². The van der Waals surface area contributed by atoms with E-state index in [1.54, 1.807) is 23.6 Å². The van der Waals surface area contributed by atoms with Crippen LogP contribution < -0.4 is 15.8 Å². The van der Waals surface area contributed by atoms with Gasteiger partial charge in [-0.25, -0.2) is 13.8 Å². The molecule has 2 heterocycles. The summed E-state index contributed by atoms with van der Waals surface area (Å²) >= 11 is 0. The third-order valence-electron chi connectivity index (χ3n) is 5.11. The molecule has 0 spiro atoms. The Labute approximate surface area is 174 Å². The summed E-state index contributed by atoms with van der Waals surface area (Å²) in [5.74, 6) is -1.34. The van der Waals surface area contributed by atoms with Gasteiger partial charge in [-0.2, -0.15) is 0 Å². The lowest BCUT2D eigenvalue weighted by atomic mass is 10.0. The second-order valence-electron chi connectivity index (χ2n) is 7.80. The van der Waals surface area contributed by atoms with Crippen molar-refractivity contribution in [2.75, 3.05) is 6.54 Å². The van der Waals surface area contributed by atoms with Crippen molar-refractivity contribution in [1.29, 1.82) is 0 Å². The fourth-order valence-electron chi connectivity index (χ4n) is 3.05. The van der Waals surface area contributed by atoms with E-state index in [-0.39, 0.29) is 18.1 Å². The maximum absolute atomic E-state index is 13.9. The quantitative estimate of drug-likeness (QED) is 0.616. The van der Waals surface area contributed by atoms with Crippen LogP contribution in [0.4, 0.5) is 8.78 Å². The predicted molar refractivity (Wildman–Crippen MR) is 111 cm³/mol. The fraction of sp³-hybridized carbons (Fsp3) is 0.364. The van der Waals surface area contributed by atoms with Crippen LogP contribution in [0.3, 0.4) is 0 Å². The smallest absolute Gasteiger partial charge is 0.270 e. The zero-order valence-electron chi connectivity index (χ0n) is 17.6. The second-order valence-corrected chi connectivity index (χ2v) is 7.80. The van der Waals surface area contributed by atoms with Crippen LogP contribution in [0.2, 0.25) is 0 Å². The summed E-state index contributed by atoms with van der Waals surface area (Å²) in [6.45, 7) is 7.40. The van der Waals surface area contributed by atoms with E-state index in [0.717, 1.165) is 5.56 Å². The molecule has 0 aliphatic carbocycles. The number of benzene rings is 1. The first-order chi connectivity index (χ1) is 14.1. The molecule has 0 bridgehead atoms. The van der Waals surface area contributed by atoms with Crippen molar-refractivity contribution >= 4 is 11.6 Å². The number of amides is 1. The molecule has 1 atom stereocenters. The second kappa shape index (κ2) is 8.39. The number of nitrogens with two attached hydrogens (primary N) is 1. The van der Waals surface area contributed by atoms with Crippen molar-refractivity contribution in [2.24, 2.45) is 5.73 Å². The van der Waals surface area contributed by atoms with Crippen LogP contribution in [0, 0.1) is 25.5 Å². The number of fused-ring (bicyclic) bond motifs is 1. The summed E-state index contributed by atoms with van der Waals surface area (Å²) in [5.41, 5.74) is 7.50. The number of hydrogen-bond donors (Lipinski definition) is 2. The first-order valence-corrected chi connectivity index (χ1v) is 9.75. The van der Waals surface area contributed by atoms with Crippen LogP contribution in [-0.2, 0) is 6.61 Å². The van der Waals surface area contributed by atoms with Gasteiger partial charge in [0.25, 0.3) is 5.91 Å². The summed E-state index contributed by atoms with van der Waals surface area (Å²) in [6, 6.07) is 5.37. The summed E-state index contributed by atoms with van der Waals surface area (Å²) in [7, 11) is 0. The highest BCUT2D eigenvalue weighted by Crippen LogP contribution is 2.26. The molecule has 0 saturated carbocycles. The van der Waals surface area contributed by atoms with E-state index in [2.05, 4.69) is 10.3 Å². The SMILES string of the molecule is CCC(C)(N)CNC(=O)c1c(C)nc2c(OCc3c(F)cccc3F)cc(C)cn12. The lowest BCUT2D eigenvalue weighted by Gasteiger charge is -2.22. The highest BCUT2D eigenvalue weighted by atomic mass is 19.1. The van der Waals surface area contributed by atoms with Crippen LogP contribution >= 0.6 is 0 Å². The topological polar surface area (TPSA) is 81.6 Å². The van der Waals surface area contributed by atoms with E-state index in [4.69, 9.17) is 10.5 Å². The summed E-state index contributed by atoms with van der Waals surface area (Å²) < 4.78 is 35.2. The number of rotatable bonds is 7. The molecular formula is C22H26F2N4O2. The molecule has 6 nitrogen and oxygen atoms in total. The zero-order valence-corrected chi connectivity index (χ0v) is 17.6. The number of nitrogens with one attached hydrogen (secondary N) is 1. The minimum atomic E-state index is -0.681. The third-order valence-corrected chi connectivity index (χ3v) is 5.11. The first-order valence-electron chi connectivity index (χ1n) is 9.75. The normalized spacial score (nSPS) is 13.3. The molecular weight excluding hydrogens is 390 g/mol. The lowest BCUT2D eigenvalue weighted by Crippen LogP contribution is -2.47. The van der Waals surface area contributed by atoms with E-state index in [0.29, 0.717) is 35.8 Å². The largest absolute Gasteiger partial charge is 0.485 e. The number of aryl methyl sites for hydroxylation is 2. The van der Waals surface area contributed by atoms with Crippen molar-refractivity contribution in [1.82, 2.24) is 14.7 Å². The first kappa shape index (κ1) is 21.7. The highest BCUT2D eigenvalue weighted by molar-refractivity contribution is 5.95. The number of carbonyl (C=O) groups excluding carboxylic acids is 1. The Kier molecular flexibility index (Phi) is 6.07. The molecule has 1 aromatic carbocycles. The molecule has 30 heavy (non-hydrogen) atoms. The summed E-state index contributed by atoms with van der Waals surface area (Å²) in [5, 5.41) is 2.86. The Hall–Kier alpha value is -3.00. The van der Waals surface area contributed by atoms with E-state index < -0.39 is 17.2 Å². The highest BCUT2D eigenvalue weighted by Gasteiger charge is 2.23. The van der Waals surface area contributed by atoms with Crippen LogP contribution in [0.5, 0.6) is 5.75 Å². The van der Waals surface area contributed by atoms with E-state index in [1.807, 2.05) is 20.8 Å². The fourth-order valence-corrected chi connectivity index (χ4v) is 3.05. The molecule has 3 aromatic rings. The van der Waals surface area contributed by atoms with E-state index >= 15 is 0 Å². The van der Waals surface area contributed by atoms with Gasteiger partial charge in [0.1, 0.15) is 23.9 Å². The van der Waals surface area contributed by atoms with E-state index in [9.17, 15) is 13.6 Å². The van der Waals surface area contributed by atoms with Gasteiger partial charge in [-0.05, 0) is 51.0 Å². The van der Waals surface area contributed by atoms with Crippen LogP contribution in [0.25, 0.3) is 5.65 Å². The maximum Gasteiger partial charge on any atom is 0.270 e. The van der Waals surface area contributed by atoms with Crippen molar-refractivity contribution in [2.45, 2.75) is 46.3 Å². The van der Waals surface area contributed by atoms with Crippen LogP contribution in [-0.4, -0.2) is 27.4 Å². The lowest BCUT2D eigenvalue weighted by molar-refractivity contribution is 0.0937. The van der Waals surface area contributed by atoms with Crippen molar-refractivity contribution in [3.63, 3.8) is 0 Å². The Bertz CT molecular complexity index is 1070. The van der Waals surface area contributed by atoms with Gasteiger partial charge in [0.2, 0.25) is 0 Å². The number of hydrogen-bond acceptors (Lipinski definition) is 4. The van der Waals surface area contributed by atoms with Gasteiger partial charge in [-0.15, -0.1) is 0 Å². The molecule has 0 fully saturated rings.